The number of hydrogen-bond acceptors (Lipinski definition) is 0. The Labute approximate surface area is 126 Å². The van der Waals surface area contributed by atoms with E-state index in [1.165, 1.54) is 51.4 Å². The summed E-state index contributed by atoms with van der Waals surface area (Å²) in [6, 6.07) is 0. The first-order valence-electron chi connectivity index (χ1n) is 9.67. The van der Waals surface area contributed by atoms with Crippen LogP contribution < -0.4 is 0 Å². The molecule has 0 bridgehead atoms. The van der Waals surface area contributed by atoms with Crippen molar-refractivity contribution in [2.24, 2.45) is 34.5 Å². The normalized spacial score (nSPS) is 50.7. The fourth-order valence-electron chi connectivity index (χ4n) is 7.70. The number of fused-ring (bicyclic) bond motifs is 3. The molecule has 0 saturated heterocycles. The van der Waals surface area contributed by atoms with Gasteiger partial charge in [-0.15, -0.1) is 0 Å². The van der Waals surface area contributed by atoms with Gasteiger partial charge in [0.2, 0.25) is 0 Å². The van der Waals surface area contributed by atoms with E-state index < -0.39 is 0 Å². The standard InChI is InChI=1S/C20H34/c1-19(13-7-8-14-19)20(2)17-11-5-3-9-15(17)16-10-4-6-12-18(16)20/h15-18H,3-14H2,1-2H3. The first-order chi connectivity index (χ1) is 9.67. The van der Waals surface area contributed by atoms with E-state index in [1.54, 1.807) is 25.7 Å². The average molecular weight is 274 g/mol. The molecule has 4 aliphatic rings. The molecule has 20 heavy (non-hydrogen) atoms. The van der Waals surface area contributed by atoms with Crippen molar-refractivity contribution in [2.75, 3.05) is 0 Å². The monoisotopic (exact) mass is 274 g/mol. The van der Waals surface area contributed by atoms with Crippen molar-refractivity contribution in [3.63, 3.8) is 0 Å². The minimum absolute atomic E-state index is 0.685. The Morgan fingerprint density at radius 3 is 1.55 bits per heavy atom. The first-order valence-corrected chi connectivity index (χ1v) is 9.67. The van der Waals surface area contributed by atoms with Crippen molar-refractivity contribution in [1.29, 1.82) is 0 Å². The lowest BCUT2D eigenvalue weighted by Crippen LogP contribution is -2.45. The zero-order valence-electron chi connectivity index (χ0n) is 13.8. The molecule has 4 rings (SSSR count). The second-order valence-electron chi connectivity index (χ2n) is 9.16. The fourth-order valence-corrected chi connectivity index (χ4v) is 7.70. The maximum atomic E-state index is 2.78. The third-order valence-electron chi connectivity index (χ3n) is 8.74. The highest BCUT2D eigenvalue weighted by Gasteiger charge is 2.64. The molecule has 4 atom stereocenters. The topological polar surface area (TPSA) is 0 Å². The predicted octanol–water partition coefficient (Wildman–Crippen LogP) is 6.20. The second kappa shape index (κ2) is 4.75. The van der Waals surface area contributed by atoms with Crippen molar-refractivity contribution in [3.05, 3.63) is 0 Å². The van der Waals surface area contributed by atoms with E-state index >= 15 is 0 Å². The Morgan fingerprint density at radius 2 is 1.05 bits per heavy atom. The Morgan fingerprint density at radius 1 is 0.600 bits per heavy atom. The highest BCUT2D eigenvalue weighted by atomic mass is 14.7. The van der Waals surface area contributed by atoms with Crippen LogP contribution in [0.15, 0.2) is 0 Å². The highest BCUT2D eigenvalue weighted by Crippen LogP contribution is 2.71. The maximum absolute atomic E-state index is 2.78. The van der Waals surface area contributed by atoms with Gasteiger partial charge in [-0.2, -0.15) is 0 Å². The van der Waals surface area contributed by atoms with Crippen LogP contribution in [0.1, 0.15) is 90.9 Å². The van der Waals surface area contributed by atoms with Crippen LogP contribution in [0.4, 0.5) is 0 Å². The number of rotatable bonds is 1. The summed E-state index contributed by atoms with van der Waals surface area (Å²) in [6.45, 7) is 5.47. The molecule has 0 aromatic carbocycles. The van der Waals surface area contributed by atoms with Gasteiger partial charge in [0.15, 0.2) is 0 Å². The van der Waals surface area contributed by atoms with E-state index in [4.69, 9.17) is 0 Å². The summed E-state index contributed by atoms with van der Waals surface area (Å²) in [5.74, 6) is 4.42. The molecule has 0 heterocycles. The van der Waals surface area contributed by atoms with Gasteiger partial charge < -0.3 is 0 Å². The molecule has 0 aromatic rings. The van der Waals surface area contributed by atoms with Crippen LogP contribution >= 0.6 is 0 Å². The molecule has 4 saturated carbocycles. The maximum Gasteiger partial charge on any atom is -0.0210 e. The number of hydrogen-bond donors (Lipinski definition) is 0. The van der Waals surface area contributed by atoms with E-state index in [9.17, 15) is 0 Å². The van der Waals surface area contributed by atoms with Gasteiger partial charge in [0.25, 0.3) is 0 Å². The van der Waals surface area contributed by atoms with Crippen LogP contribution in [0, 0.1) is 34.5 Å². The molecule has 0 aromatic heterocycles. The van der Waals surface area contributed by atoms with Crippen molar-refractivity contribution < 1.29 is 0 Å². The average Bonchev–Trinajstić information content (AvgIpc) is 3.04. The van der Waals surface area contributed by atoms with Crippen molar-refractivity contribution in [1.82, 2.24) is 0 Å². The van der Waals surface area contributed by atoms with Gasteiger partial charge in [0, 0.05) is 0 Å². The Kier molecular flexibility index (Phi) is 3.24. The third-order valence-corrected chi connectivity index (χ3v) is 8.74. The summed E-state index contributed by atoms with van der Waals surface area (Å²) in [5.41, 5.74) is 1.38. The van der Waals surface area contributed by atoms with E-state index in [2.05, 4.69) is 13.8 Å². The van der Waals surface area contributed by atoms with Crippen LogP contribution in [-0.2, 0) is 0 Å². The lowest BCUT2D eigenvalue weighted by molar-refractivity contribution is -0.0351. The smallest absolute Gasteiger partial charge is 0.0210 e. The van der Waals surface area contributed by atoms with Gasteiger partial charge in [-0.25, -0.2) is 0 Å². The van der Waals surface area contributed by atoms with Crippen molar-refractivity contribution >= 4 is 0 Å². The second-order valence-corrected chi connectivity index (χ2v) is 9.16. The van der Waals surface area contributed by atoms with Gasteiger partial charge in [-0.1, -0.05) is 52.4 Å². The Hall–Kier alpha value is 0. The largest absolute Gasteiger partial charge is 0.0591 e. The highest BCUT2D eigenvalue weighted by molar-refractivity contribution is 5.12. The van der Waals surface area contributed by atoms with Gasteiger partial charge >= 0.3 is 0 Å². The SMILES string of the molecule is CC1(C2(C)C3CCCCC3C3CCCCC32)CCCC1. The van der Waals surface area contributed by atoms with Crippen molar-refractivity contribution in [2.45, 2.75) is 90.9 Å². The molecule has 0 heteroatoms. The summed E-state index contributed by atoms with van der Waals surface area (Å²) < 4.78 is 0. The van der Waals surface area contributed by atoms with Crippen molar-refractivity contribution in [3.8, 4) is 0 Å². The minimum atomic E-state index is 0.685. The summed E-state index contributed by atoms with van der Waals surface area (Å²) in [5, 5.41) is 0. The van der Waals surface area contributed by atoms with Crippen LogP contribution in [-0.4, -0.2) is 0 Å². The quantitative estimate of drug-likeness (QED) is 0.534. The third kappa shape index (κ3) is 1.66. The predicted molar refractivity (Wildman–Crippen MR) is 85.6 cm³/mol. The van der Waals surface area contributed by atoms with E-state index in [0.29, 0.717) is 10.8 Å². The molecule has 0 nitrogen and oxygen atoms in total. The van der Waals surface area contributed by atoms with Crippen LogP contribution in [0.25, 0.3) is 0 Å². The van der Waals surface area contributed by atoms with E-state index in [1.807, 2.05) is 0 Å². The van der Waals surface area contributed by atoms with Gasteiger partial charge in [0.1, 0.15) is 0 Å². The summed E-state index contributed by atoms with van der Waals surface area (Å²) >= 11 is 0. The summed E-state index contributed by atoms with van der Waals surface area (Å²) in [4.78, 5) is 0. The van der Waals surface area contributed by atoms with Gasteiger partial charge in [0.05, 0.1) is 0 Å². The molecule has 0 spiro atoms. The Bertz CT molecular complexity index is 340. The summed E-state index contributed by atoms with van der Waals surface area (Å²) in [7, 11) is 0. The van der Waals surface area contributed by atoms with Crippen LogP contribution in [0.2, 0.25) is 0 Å². The molecular weight excluding hydrogens is 240 g/mol. The zero-order chi connectivity index (χ0) is 13.8. The molecular formula is C20H34. The summed E-state index contributed by atoms with van der Waals surface area (Å²) in [6.07, 6.45) is 18.6. The van der Waals surface area contributed by atoms with Crippen LogP contribution in [0.3, 0.4) is 0 Å². The minimum Gasteiger partial charge on any atom is -0.0591 e. The zero-order valence-corrected chi connectivity index (χ0v) is 13.8. The molecule has 0 radical (unpaired) electrons. The molecule has 0 aliphatic heterocycles. The first kappa shape index (κ1) is 13.6. The molecule has 4 aliphatic carbocycles. The molecule has 114 valence electrons. The lowest BCUT2D eigenvalue weighted by atomic mass is 9.52. The molecule has 0 N–H and O–H groups in total. The lowest BCUT2D eigenvalue weighted by Gasteiger charge is -2.52. The van der Waals surface area contributed by atoms with Crippen LogP contribution in [0.5, 0.6) is 0 Å². The molecule has 0 amide bonds. The van der Waals surface area contributed by atoms with E-state index in [-0.39, 0.29) is 0 Å². The van der Waals surface area contributed by atoms with Gasteiger partial charge in [-0.3, -0.25) is 0 Å². The molecule has 4 unspecified atom stereocenters. The van der Waals surface area contributed by atoms with E-state index in [0.717, 1.165) is 23.7 Å². The van der Waals surface area contributed by atoms with Gasteiger partial charge in [-0.05, 0) is 73.0 Å². The Balaban J connectivity index is 1.75. The molecule has 4 fully saturated rings. The fraction of sp³-hybridized carbons (Fsp3) is 1.00.